The van der Waals surface area contributed by atoms with E-state index in [1.165, 1.54) is 7.11 Å². The molecule has 0 spiro atoms. The number of hydrogen-bond donors (Lipinski definition) is 3. The van der Waals surface area contributed by atoms with Gasteiger partial charge in [-0.1, -0.05) is 0 Å². The largest absolute Gasteiger partial charge is 0.469 e. The maximum absolute atomic E-state index is 11.0. The molecule has 1 aliphatic rings. The Hall–Kier alpha value is -0.360. The number of hydrogen-bond acceptors (Lipinski definition) is 5. The highest BCUT2D eigenvalue weighted by molar-refractivity contribution is 5.85. The van der Waals surface area contributed by atoms with Gasteiger partial charge in [0, 0.05) is 6.04 Å². The fourth-order valence-corrected chi connectivity index (χ4v) is 1.45. The van der Waals surface area contributed by atoms with Crippen molar-refractivity contribution in [1.82, 2.24) is 0 Å². The van der Waals surface area contributed by atoms with E-state index in [1.54, 1.807) is 0 Å². The Labute approximate surface area is 82.3 Å². The van der Waals surface area contributed by atoms with Crippen LogP contribution in [0.5, 0.6) is 0 Å². The van der Waals surface area contributed by atoms with Gasteiger partial charge in [-0.2, -0.15) is 0 Å². The van der Waals surface area contributed by atoms with Gasteiger partial charge in [-0.25, -0.2) is 0 Å². The predicted molar refractivity (Wildman–Crippen MR) is 47.4 cm³/mol. The molecule has 13 heavy (non-hydrogen) atoms. The van der Waals surface area contributed by atoms with Gasteiger partial charge in [0.05, 0.1) is 25.2 Å². The van der Waals surface area contributed by atoms with Crippen molar-refractivity contribution in [3.8, 4) is 0 Å². The minimum Gasteiger partial charge on any atom is -0.469 e. The molecule has 0 bridgehead atoms. The van der Waals surface area contributed by atoms with Crippen LogP contribution < -0.4 is 5.73 Å². The fraction of sp³-hybridized carbons (Fsp3) is 0.857. The van der Waals surface area contributed by atoms with Crippen molar-refractivity contribution < 1.29 is 19.7 Å². The van der Waals surface area contributed by atoms with E-state index in [2.05, 4.69) is 4.74 Å². The number of carbonyl (C=O) groups is 1. The van der Waals surface area contributed by atoms with Crippen LogP contribution in [-0.4, -0.2) is 41.5 Å². The second-order valence-electron chi connectivity index (χ2n) is 3.01. The van der Waals surface area contributed by atoms with Crippen LogP contribution in [0.2, 0.25) is 0 Å². The van der Waals surface area contributed by atoms with Crippen LogP contribution in [0.3, 0.4) is 0 Å². The minimum absolute atomic E-state index is 0. The average Bonchev–Trinajstić information content (AvgIpc) is 2.32. The van der Waals surface area contributed by atoms with Crippen LogP contribution in [0, 0.1) is 5.92 Å². The summed E-state index contributed by atoms with van der Waals surface area (Å²) in [7, 11) is 1.24. The molecule has 78 valence electrons. The molecular weight excluding hydrogens is 198 g/mol. The SMILES string of the molecule is COC(=O)C1CC(N)C(O)C1O.Cl. The lowest BCUT2D eigenvalue weighted by molar-refractivity contribution is -0.149. The lowest BCUT2D eigenvalue weighted by Gasteiger charge is -2.13. The lowest BCUT2D eigenvalue weighted by Crippen LogP contribution is -2.36. The van der Waals surface area contributed by atoms with Crippen molar-refractivity contribution in [3.05, 3.63) is 0 Å². The monoisotopic (exact) mass is 211 g/mol. The van der Waals surface area contributed by atoms with Gasteiger partial charge in [0.15, 0.2) is 0 Å². The maximum atomic E-state index is 11.0. The van der Waals surface area contributed by atoms with Gasteiger partial charge in [0.2, 0.25) is 0 Å². The van der Waals surface area contributed by atoms with E-state index in [4.69, 9.17) is 5.73 Å². The van der Waals surface area contributed by atoms with Crippen molar-refractivity contribution in [2.24, 2.45) is 11.7 Å². The Balaban J connectivity index is 0.00000144. The predicted octanol–water partition coefficient (Wildman–Crippen LogP) is -1.35. The fourth-order valence-electron chi connectivity index (χ4n) is 1.45. The van der Waals surface area contributed by atoms with Crippen molar-refractivity contribution in [2.75, 3.05) is 7.11 Å². The van der Waals surface area contributed by atoms with E-state index in [1.807, 2.05) is 0 Å². The van der Waals surface area contributed by atoms with Crippen molar-refractivity contribution >= 4 is 18.4 Å². The normalized spacial score (nSPS) is 38.2. The molecule has 1 aliphatic carbocycles. The number of nitrogens with two attached hydrogens (primary N) is 1. The summed E-state index contributed by atoms with van der Waals surface area (Å²) < 4.78 is 4.44. The number of ether oxygens (including phenoxy) is 1. The molecule has 4 unspecified atom stereocenters. The van der Waals surface area contributed by atoms with E-state index < -0.39 is 30.1 Å². The molecule has 0 aromatic rings. The van der Waals surface area contributed by atoms with Crippen LogP contribution in [0.1, 0.15) is 6.42 Å². The van der Waals surface area contributed by atoms with Gasteiger partial charge in [-0.15, -0.1) is 12.4 Å². The zero-order chi connectivity index (χ0) is 9.30. The summed E-state index contributed by atoms with van der Waals surface area (Å²) in [6, 6.07) is -0.538. The van der Waals surface area contributed by atoms with E-state index in [9.17, 15) is 15.0 Å². The summed E-state index contributed by atoms with van der Waals surface area (Å²) >= 11 is 0. The first-order valence-corrected chi connectivity index (χ1v) is 3.77. The summed E-state index contributed by atoms with van der Waals surface area (Å²) in [4.78, 5) is 11.0. The summed E-state index contributed by atoms with van der Waals surface area (Å²) in [5, 5.41) is 18.5. The molecule has 0 aliphatic heterocycles. The minimum atomic E-state index is -1.09. The Morgan fingerprint density at radius 3 is 2.31 bits per heavy atom. The first-order chi connectivity index (χ1) is 5.57. The second-order valence-corrected chi connectivity index (χ2v) is 3.01. The topological polar surface area (TPSA) is 92.8 Å². The summed E-state index contributed by atoms with van der Waals surface area (Å²) in [6.07, 6.45) is -1.84. The van der Waals surface area contributed by atoms with E-state index >= 15 is 0 Å². The van der Waals surface area contributed by atoms with Crippen LogP contribution in [0.25, 0.3) is 0 Å². The molecule has 0 aromatic heterocycles. The van der Waals surface area contributed by atoms with Crippen molar-refractivity contribution in [2.45, 2.75) is 24.7 Å². The molecule has 0 amide bonds. The molecule has 0 heterocycles. The third-order valence-corrected chi connectivity index (χ3v) is 2.23. The van der Waals surface area contributed by atoms with Crippen molar-refractivity contribution in [1.29, 1.82) is 0 Å². The van der Waals surface area contributed by atoms with Gasteiger partial charge in [0.25, 0.3) is 0 Å². The summed E-state index contributed by atoms with van der Waals surface area (Å²) in [5.74, 6) is -1.20. The quantitative estimate of drug-likeness (QED) is 0.467. The Bertz CT molecular complexity index is 189. The third-order valence-electron chi connectivity index (χ3n) is 2.23. The first kappa shape index (κ1) is 12.6. The van der Waals surface area contributed by atoms with Gasteiger partial charge in [-0.3, -0.25) is 4.79 Å². The van der Waals surface area contributed by atoms with E-state index in [0.717, 1.165) is 0 Å². The summed E-state index contributed by atoms with van der Waals surface area (Å²) in [5.41, 5.74) is 5.43. The molecule has 6 heteroatoms. The maximum Gasteiger partial charge on any atom is 0.311 e. The number of esters is 1. The zero-order valence-corrected chi connectivity index (χ0v) is 8.03. The van der Waals surface area contributed by atoms with Crippen LogP contribution >= 0.6 is 12.4 Å². The van der Waals surface area contributed by atoms with Gasteiger partial charge in [-0.05, 0) is 6.42 Å². The first-order valence-electron chi connectivity index (χ1n) is 3.77. The molecule has 5 nitrogen and oxygen atoms in total. The Kier molecular flexibility index (Phi) is 4.63. The standard InChI is InChI=1S/C7H13NO4.ClH/c1-12-7(11)3-2-4(8)6(10)5(3)9;/h3-6,9-10H,2,8H2,1H3;1H. The van der Waals surface area contributed by atoms with Gasteiger partial charge in [0.1, 0.15) is 0 Å². The molecule has 4 atom stereocenters. The average molecular weight is 212 g/mol. The second kappa shape index (κ2) is 4.76. The van der Waals surface area contributed by atoms with Crippen molar-refractivity contribution in [3.63, 3.8) is 0 Å². The number of aliphatic hydroxyl groups is 2. The molecular formula is C7H14ClNO4. The van der Waals surface area contributed by atoms with Gasteiger partial charge >= 0.3 is 5.97 Å². The zero-order valence-electron chi connectivity index (χ0n) is 7.21. The highest BCUT2D eigenvalue weighted by Crippen LogP contribution is 2.26. The van der Waals surface area contributed by atoms with E-state index in [-0.39, 0.29) is 18.8 Å². The molecule has 1 fully saturated rings. The van der Waals surface area contributed by atoms with E-state index in [0.29, 0.717) is 0 Å². The Morgan fingerprint density at radius 2 is 2.00 bits per heavy atom. The number of carbonyl (C=O) groups excluding carboxylic acids is 1. The van der Waals surface area contributed by atoms with Gasteiger partial charge < -0.3 is 20.7 Å². The highest BCUT2D eigenvalue weighted by Gasteiger charge is 2.43. The molecule has 0 saturated heterocycles. The molecule has 0 radical (unpaired) electrons. The molecule has 0 aromatic carbocycles. The molecule has 1 saturated carbocycles. The number of methoxy groups -OCH3 is 1. The van der Waals surface area contributed by atoms with Crippen LogP contribution in [-0.2, 0) is 9.53 Å². The Morgan fingerprint density at radius 1 is 1.46 bits per heavy atom. The van der Waals surface area contributed by atoms with Crippen LogP contribution in [0.15, 0.2) is 0 Å². The lowest BCUT2D eigenvalue weighted by atomic mass is 10.1. The number of rotatable bonds is 1. The molecule has 4 N–H and O–H groups in total. The smallest absolute Gasteiger partial charge is 0.311 e. The third kappa shape index (κ3) is 2.31. The van der Waals surface area contributed by atoms with Crippen LogP contribution in [0.4, 0.5) is 0 Å². The summed E-state index contributed by atoms with van der Waals surface area (Å²) in [6.45, 7) is 0. The number of halogens is 1. The number of aliphatic hydroxyl groups excluding tert-OH is 2. The molecule has 1 rings (SSSR count). The highest BCUT2D eigenvalue weighted by atomic mass is 35.5.